The molecule has 1 aromatic heterocycles. The Bertz CT molecular complexity index is 1280. The van der Waals surface area contributed by atoms with E-state index in [4.69, 9.17) is 0 Å². The van der Waals surface area contributed by atoms with Crippen LogP contribution < -0.4 is 10.6 Å². The molecule has 1 atom stereocenters. The standard InChI is InChI=1S/C26H27N5O3S/c32-23(15-22-25(34)30-26(35-22)31-13-3-4-14-31)29-19-9-7-17(8-10-19)24(33)27-12-11-18-16-28-21-6-2-1-5-20(18)21/h1-2,5-10,16,22,28H,3-4,11-15H2,(H,27,33)(H,29,32)/t22-/m1/s1. The van der Waals surface area contributed by atoms with Crippen molar-refractivity contribution in [1.29, 1.82) is 0 Å². The minimum atomic E-state index is -0.479. The number of benzene rings is 2. The lowest BCUT2D eigenvalue weighted by atomic mass is 10.1. The summed E-state index contributed by atoms with van der Waals surface area (Å²) >= 11 is 1.38. The molecule has 0 spiro atoms. The van der Waals surface area contributed by atoms with Crippen LogP contribution in [0.1, 0.15) is 35.2 Å². The number of aromatic nitrogens is 1. The smallest absolute Gasteiger partial charge is 0.262 e. The molecule has 0 radical (unpaired) electrons. The summed E-state index contributed by atoms with van der Waals surface area (Å²) in [6, 6.07) is 14.8. The highest BCUT2D eigenvalue weighted by Gasteiger charge is 2.33. The summed E-state index contributed by atoms with van der Waals surface area (Å²) in [4.78, 5) is 46.7. The molecular weight excluding hydrogens is 462 g/mol. The van der Waals surface area contributed by atoms with Crippen LogP contribution in [0.3, 0.4) is 0 Å². The Hall–Kier alpha value is -3.59. The van der Waals surface area contributed by atoms with E-state index in [2.05, 4.69) is 31.6 Å². The summed E-state index contributed by atoms with van der Waals surface area (Å²) < 4.78 is 0. The normalized spacial score (nSPS) is 17.6. The van der Waals surface area contributed by atoms with E-state index in [-0.39, 0.29) is 24.1 Å². The van der Waals surface area contributed by atoms with Gasteiger partial charge in [-0.2, -0.15) is 4.99 Å². The molecule has 0 saturated carbocycles. The van der Waals surface area contributed by atoms with Crippen molar-refractivity contribution in [1.82, 2.24) is 15.2 Å². The van der Waals surface area contributed by atoms with Crippen molar-refractivity contribution < 1.29 is 14.4 Å². The van der Waals surface area contributed by atoms with Gasteiger partial charge < -0.3 is 20.5 Å². The summed E-state index contributed by atoms with van der Waals surface area (Å²) in [7, 11) is 0. The van der Waals surface area contributed by atoms with E-state index >= 15 is 0 Å². The Labute approximate surface area is 207 Å². The third-order valence-electron chi connectivity index (χ3n) is 6.26. The first kappa shape index (κ1) is 23.2. The number of hydrogen-bond donors (Lipinski definition) is 3. The SMILES string of the molecule is O=C(C[C@H]1SC(N2CCCC2)=NC1=O)Nc1ccc(C(=O)NCCc2c[nH]c3ccccc23)cc1. The average molecular weight is 490 g/mol. The lowest BCUT2D eigenvalue weighted by Crippen LogP contribution is -2.26. The molecule has 3 amide bonds. The number of hydrogen-bond acceptors (Lipinski definition) is 5. The van der Waals surface area contributed by atoms with Gasteiger partial charge in [-0.3, -0.25) is 14.4 Å². The quantitative estimate of drug-likeness (QED) is 0.471. The molecule has 0 unspecified atom stereocenters. The first-order valence-electron chi connectivity index (χ1n) is 11.8. The van der Waals surface area contributed by atoms with Gasteiger partial charge in [0.15, 0.2) is 5.17 Å². The summed E-state index contributed by atoms with van der Waals surface area (Å²) in [5.74, 6) is -0.654. The molecule has 0 bridgehead atoms. The number of para-hydroxylation sites is 1. The molecular formula is C26H27N5O3S. The number of H-pyrrole nitrogens is 1. The van der Waals surface area contributed by atoms with Crippen LogP contribution in [0.5, 0.6) is 0 Å². The van der Waals surface area contributed by atoms with Gasteiger partial charge in [0, 0.05) is 54.4 Å². The molecule has 1 fully saturated rings. The van der Waals surface area contributed by atoms with Gasteiger partial charge in [-0.1, -0.05) is 30.0 Å². The molecule has 180 valence electrons. The van der Waals surface area contributed by atoms with Crippen molar-refractivity contribution in [2.45, 2.75) is 30.9 Å². The fraction of sp³-hybridized carbons (Fsp3) is 0.308. The minimum absolute atomic E-state index is 0.0699. The van der Waals surface area contributed by atoms with Gasteiger partial charge in [0.1, 0.15) is 5.25 Å². The second kappa shape index (κ2) is 10.4. The van der Waals surface area contributed by atoms with E-state index in [1.807, 2.05) is 24.4 Å². The van der Waals surface area contributed by atoms with E-state index in [0.717, 1.165) is 48.6 Å². The number of aliphatic imine (C=N–C) groups is 1. The van der Waals surface area contributed by atoms with Gasteiger partial charge in [0.25, 0.3) is 11.8 Å². The van der Waals surface area contributed by atoms with E-state index in [1.54, 1.807) is 24.3 Å². The Morgan fingerprint density at radius 3 is 2.66 bits per heavy atom. The zero-order valence-corrected chi connectivity index (χ0v) is 20.1. The Kier molecular flexibility index (Phi) is 6.85. The number of likely N-dealkylation sites (tertiary alicyclic amines) is 1. The second-order valence-corrected chi connectivity index (χ2v) is 9.90. The second-order valence-electron chi connectivity index (χ2n) is 8.73. The molecule has 35 heavy (non-hydrogen) atoms. The predicted molar refractivity (Wildman–Crippen MR) is 139 cm³/mol. The highest BCUT2D eigenvalue weighted by Crippen LogP contribution is 2.29. The van der Waals surface area contributed by atoms with Crippen molar-refractivity contribution in [2.24, 2.45) is 4.99 Å². The number of nitrogens with one attached hydrogen (secondary N) is 3. The first-order chi connectivity index (χ1) is 17.1. The molecule has 2 aliphatic rings. The molecule has 0 aliphatic carbocycles. The van der Waals surface area contributed by atoms with Gasteiger partial charge in [-0.05, 0) is 55.2 Å². The van der Waals surface area contributed by atoms with Crippen LogP contribution in [0.4, 0.5) is 5.69 Å². The number of carbonyl (C=O) groups excluding carboxylic acids is 3. The lowest BCUT2D eigenvalue weighted by molar-refractivity contribution is -0.121. The highest BCUT2D eigenvalue weighted by molar-refractivity contribution is 8.15. The van der Waals surface area contributed by atoms with Crippen molar-refractivity contribution in [3.8, 4) is 0 Å². The molecule has 3 N–H and O–H groups in total. The number of fused-ring (bicyclic) bond motifs is 1. The topological polar surface area (TPSA) is 107 Å². The molecule has 3 heterocycles. The fourth-order valence-electron chi connectivity index (χ4n) is 4.39. The number of rotatable bonds is 7. The van der Waals surface area contributed by atoms with Crippen LogP contribution in [0.2, 0.25) is 0 Å². The summed E-state index contributed by atoms with van der Waals surface area (Å²) in [5.41, 5.74) is 3.35. The van der Waals surface area contributed by atoms with Gasteiger partial charge in [0.2, 0.25) is 5.91 Å². The third kappa shape index (κ3) is 5.40. The molecule has 1 saturated heterocycles. The number of amidine groups is 1. The Morgan fingerprint density at radius 1 is 1.09 bits per heavy atom. The van der Waals surface area contributed by atoms with Gasteiger partial charge in [-0.15, -0.1) is 0 Å². The molecule has 9 heteroatoms. The zero-order valence-electron chi connectivity index (χ0n) is 19.3. The largest absolute Gasteiger partial charge is 0.361 e. The monoisotopic (exact) mass is 489 g/mol. The van der Waals surface area contributed by atoms with E-state index < -0.39 is 5.25 Å². The maximum atomic E-state index is 12.5. The molecule has 8 nitrogen and oxygen atoms in total. The average Bonchev–Trinajstić information content (AvgIpc) is 3.61. The van der Waals surface area contributed by atoms with E-state index in [0.29, 0.717) is 17.8 Å². The first-order valence-corrected chi connectivity index (χ1v) is 12.7. The fourth-order valence-corrected chi connectivity index (χ4v) is 5.51. The van der Waals surface area contributed by atoms with Gasteiger partial charge in [-0.25, -0.2) is 0 Å². The molecule has 3 aromatic rings. The summed E-state index contributed by atoms with van der Waals surface area (Å²) in [5, 5.41) is 7.19. The number of thioether (sulfide) groups is 1. The minimum Gasteiger partial charge on any atom is -0.361 e. The van der Waals surface area contributed by atoms with Crippen LogP contribution >= 0.6 is 11.8 Å². The number of amides is 3. The Balaban J connectivity index is 1.08. The summed E-state index contributed by atoms with van der Waals surface area (Å²) in [6.07, 6.45) is 4.99. The van der Waals surface area contributed by atoms with Crippen LogP contribution in [0.15, 0.2) is 59.7 Å². The van der Waals surface area contributed by atoms with Crippen molar-refractivity contribution >= 4 is 51.2 Å². The van der Waals surface area contributed by atoms with E-state index in [9.17, 15) is 14.4 Å². The van der Waals surface area contributed by atoms with E-state index in [1.165, 1.54) is 17.1 Å². The number of aromatic amines is 1. The third-order valence-corrected chi connectivity index (χ3v) is 7.48. The zero-order chi connectivity index (χ0) is 24.2. The maximum Gasteiger partial charge on any atom is 0.262 e. The van der Waals surface area contributed by atoms with Crippen LogP contribution in [0.25, 0.3) is 10.9 Å². The van der Waals surface area contributed by atoms with Gasteiger partial charge >= 0.3 is 0 Å². The Morgan fingerprint density at radius 2 is 1.86 bits per heavy atom. The van der Waals surface area contributed by atoms with Crippen molar-refractivity contribution in [3.63, 3.8) is 0 Å². The van der Waals surface area contributed by atoms with Crippen molar-refractivity contribution in [2.75, 3.05) is 25.0 Å². The summed E-state index contributed by atoms with van der Waals surface area (Å²) in [6.45, 7) is 2.36. The van der Waals surface area contributed by atoms with Crippen molar-refractivity contribution in [3.05, 3.63) is 65.9 Å². The van der Waals surface area contributed by atoms with Crippen LogP contribution in [-0.4, -0.2) is 57.7 Å². The van der Waals surface area contributed by atoms with Crippen LogP contribution in [0, 0.1) is 0 Å². The van der Waals surface area contributed by atoms with Gasteiger partial charge in [0.05, 0.1) is 0 Å². The number of anilines is 1. The number of carbonyl (C=O) groups is 3. The molecule has 2 aliphatic heterocycles. The molecule has 2 aromatic carbocycles. The van der Waals surface area contributed by atoms with Crippen LogP contribution in [-0.2, 0) is 16.0 Å². The highest BCUT2D eigenvalue weighted by atomic mass is 32.2. The number of nitrogens with zero attached hydrogens (tertiary/aromatic N) is 2. The lowest BCUT2D eigenvalue weighted by Gasteiger charge is -2.16. The molecule has 5 rings (SSSR count). The predicted octanol–water partition coefficient (Wildman–Crippen LogP) is 3.56. The maximum absolute atomic E-state index is 12.5.